The van der Waals surface area contributed by atoms with Gasteiger partial charge in [0.2, 0.25) is 0 Å². The van der Waals surface area contributed by atoms with Crippen LogP contribution in [0.1, 0.15) is 17.4 Å². The van der Waals surface area contributed by atoms with Gasteiger partial charge >= 0.3 is 0 Å². The lowest BCUT2D eigenvalue weighted by molar-refractivity contribution is 0.102. The Morgan fingerprint density at radius 1 is 1.05 bits per heavy atom. The number of benzene rings is 2. The minimum absolute atomic E-state index is 0.227. The highest BCUT2D eigenvalue weighted by molar-refractivity contribution is 6.04. The molecule has 4 heteroatoms. The molecule has 0 saturated carbocycles. The van der Waals surface area contributed by atoms with Gasteiger partial charge in [-0.05, 0) is 43.3 Å². The van der Waals surface area contributed by atoms with Crippen LogP contribution in [-0.2, 0) is 0 Å². The third-order valence-electron chi connectivity index (χ3n) is 3.25. The number of nitrogens with zero attached hydrogens (tertiary/aromatic N) is 1. The molecule has 1 heterocycles. The molecule has 0 radical (unpaired) electrons. The van der Waals surface area contributed by atoms with Crippen molar-refractivity contribution in [1.29, 1.82) is 0 Å². The summed E-state index contributed by atoms with van der Waals surface area (Å²) in [6.45, 7) is 2.55. The van der Waals surface area contributed by atoms with Crippen molar-refractivity contribution < 1.29 is 9.53 Å². The first-order valence-corrected chi connectivity index (χ1v) is 7.16. The number of hydrogen-bond donors (Lipinski definition) is 1. The van der Waals surface area contributed by atoms with Crippen molar-refractivity contribution in [1.82, 2.24) is 4.98 Å². The third-order valence-corrected chi connectivity index (χ3v) is 3.25. The van der Waals surface area contributed by atoms with E-state index in [2.05, 4.69) is 10.3 Å². The highest BCUT2D eigenvalue weighted by Gasteiger charge is 2.08. The van der Waals surface area contributed by atoms with Crippen LogP contribution in [-0.4, -0.2) is 17.5 Å². The minimum atomic E-state index is -0.227. The summed E-state index contributed by atoms with van der Waals surface area (Å²) >= 11 is 0. The number of rotatable bonds is 4. The zero-order chi connectivity index (χ0) is 15.4. The quantitative estimate of drug-likeness (QED) is 0.793. The Morgan fingerprint density at radius 2 is 1.82 bits per heavy atom. The van der Waals surface area contributed by atoms with Crippen molar-refractivity contribution in [3.63, 3.8) is 0 Å². The summed E-state index contributed by atoms with van der Waals surface area (Å²) in [7, 11) is 0. The lowest BCUT2D eigenvalue weighted by atomic mass is 10.2. The zero-order valence-electron chi connectivity index (χ0n) is 12.2. The molecule has 0 bridgehead atoms. The standard InChI is InChI=1S/C18H16N2O2/c1-2-22-15-10-8-14(9-11-15)19-18(21)17-12-7-13-5-3-4-6-16(13)20-17/h3-12H,2H2,1H3,(H,19,21). The van der Waals surface area contributed by atoms with Gasteiger partial charge in [-0.25, -0.2) is 4.98 Å². The monoisotopic (exact) mass is 292 g/mol. The molecule has 2 aromatic carbocycles. The normalized spacial score (nSPS) is 10.4. The number of para-hydroxylation sites is 1. The molecule has 3 rings (SSSR count). The number of aromatic nitrogens is 1. The van der Waals surface area contributed by atoms with Crippen molar-refractivity contribution in [2.75, 3.05) is 11.9 Å². The smallest absolute Gasteiger partial charge is 0.274 e. The third kappa shape index (κ3) is 3.06. The van der Waals surface area contributed by atoms with Gasteiger partial charge in [-0.3, -0.25) is 4.79 Å². The highest BCUT2D eigenvalue weighted by atomic mass is 16.5. The first-order chi connectivity index (χ1) is 10.8. The van der Waals surface area contributed by atoms with Gasteiger partial charge in [-0.2, -0.15) is 0 Å². The second-order valence-corrected chi connectivity index (χ2v) is 4.80. The van der Waals surface area contributed by atoms with Crippen LogP contribution < -0.4 is 10.1 Å². The van der Waals surface area contributed by atoms with Gasteiger partial charge in [-0.15, -0.1) is 0 Å². The Kier molecular flexibility index (Phi) is 4.01. The maximum Gasteiger partial charge on any atom is 0.274 e. The van der Waals surface area contributed by atoms with E-state index in [-0.39, 0.29) is 5.91 Å². The molecule has 0 fully saturated rings. The van der Waals surface area contributed by atoms with E-state index in [1.165, 1.54) is 0 Å². The lowest BCUT2D eigenvalue weighted by Crippen LogP contribution is -2.13. The molecule has 0 aliphatic rings. The molecule has 4 nitrogen and oxygen atoms in total. The van der Waals surface area contributed by atoms with Crippen molar-refractivity contribution in [3.8, 4) is 5.75 Å². The van der Waals surface area contributed by atoms with Gasteiger partial charge in [0.15, 0.2) is 0 Å². The van der Waals surface area contributed by atoms with E-state index in [1.807, 2.05) is 61.5 Å². The maximum absolute atomic E-state index is 12.3. The van der Waals surface area contributed by atoms with Crippen molar-refractivity contribution >= 4 is 22.5 Å². The highest BCUT2D eigenvalue weighted by Crippen LogP contribution is 2.17. The SMILES string of the molecule is CCOc1ccc(NC(=O)c2ccc3ccccc3n2)cc1. The molecule has 3 aromatic rings. The van der Waals surface area contributed by atoms with Crippen LogP contribution in [0, 0.1) is 0 Å². The Labute approximate surface area is 128 Å². The Hall–Kier alpha value is -2.88. The number of carbonyl (C=O) groups excluding carboxylic acids is 1. The van der Waals surface area contributed by atoms with Crippen LogP contribution in [0.25, 0.3) is 10.9 Å². The fraction of sp³-hybridized carbons (Fsp3) is 0.111. The first-order valence-electron chi connectivity index (χ1n) is 7.16. The molecule has 1 amide bonds. The summed E-state index contributed by atoms with van der Waals surface area (Å²) in [6, 6.07) is 18.6. The average Bonchev–Trinajstić information content (AvgIpc) is 2.56. The molecule has 1 N–H and O–H groups in total. The van der Waals surface area contributed by atoms with Crippen LogP contribution >= 0.6 is 0 Å². The number of fused-ring (bicyclic) bond motifs is 1. The molecular formula is C18H16N2O2. The van der Waals surface area contributed by atoms with E-state index in [1.54, 1.807) is 6.07 Å². The van der Waals surface area contributed by atoms with E-state index in [4.69, 9.17) is 4.74 Å². The summed E-state index contributed by atoms with van der Waals surface area (Å²) in [4.78, 5) is 16.6. The molecule has 0 atom stereocenters. The predicted octanol–water partition coefficient (Wildman–Crippen LogP) is 3.89. The molecule has 0 aliphatic heterocycles. The number of hydrogen-bond acceptors (Lipinski definition) is 3. The number of anilines is 1. The Balaban J connectivity index is 1.77. The maximum atomic E-state index is 12.3. The summed E-state index contributed by atoms with van der Waals surface area (Å²) in [6.07, 6.45) is 0. The Morgan fingerprint density at radius 3 is 2.59 bits per heavy atom. The molecule has 0 spiro atoms. The topological polar surface area (TPSA) is 51.2 Å². The summed E-state index contributed by atoms with van der Waals surface area (Å²) in [5.41, 5.74) is 1.91. The van der Waals surface area contributed by atoms with Crippen molar-refractivity contribution in [2.45, 2.75) is 6.92 Å². The summed E-state index contributed by atoms with van der Waals surface area (Å²) < 4.78 is 5.37. The van der Waals surface area contributed by atoms with Crippen LogP contribution in [0.3, 0.4) is 0 Å². The number of amides is 1. The first kappa shape index (κ1) is 14.1. The number of ether oxygens (including phenoxy) is 1. The average molecular weight is 292 g/mol. The van der Waals surface area contributed by atoms with Crippen LogP contribution in [0.2, 0.25) is 0 Å². The molecule has 0 saturated heterocycles. The summed E-state index contributed by atoms with van der Waals surface area (Å²) in [5, 5.41) is 3.85. The second-order valence-electron chi connectivity index (χ2n) is 4.80. The predicted molar refractivity (Wildman–Crippen MR) is 87.3 cm³/mol. The lowest BCUT2D eigenvalue weighted by Gasteiger charge is -2.07. The van der Waals surface area contributed by atoms with E-state index < -0.39 is 0 Å². The van der Waals surface area contributed by atoms with Crippen LogP contribution in [0.15, 0.2) is 60.7 Å². The zero-order valence-corrected chi connectivity index (χ0v) is 12.2. The molecule has 0 aliphatic carbocycles. The van der Waals surface area contributed by atoms with E-state index in [0.29, 0.717) is 18.0 Å². The van der Waals surface area contributed by atoms with E-state index in [9.17, 15) is 4.79 Å². The van der Waals surface area contributed by atoms with E-state index in [0.717, 1.165) is 16.7 Å². The number of pyridine rings is 1. The van der Waals surface area contributed by atoms with Gasteiger partial charge in [0.05, 0.1) is 12.1 Å². The fourth-order valence-corrected chi connectivity index (χ4v) is 2.19. The van der Waals surface area contributed by atoms with Gasteiger partial charge in [0.25, 0.3) is 5.91 Å². The van der Waals surface area contributed by atoms with E-state index >= 15 is 0 Å². The number of carbonyl (C=O) groups is 1. The number of nitrogens with one attached hydrogen (secondary N) is 1. The van der Waals surface area contributed by atoms with Crippen molar-refractivity contribution in [3.05, 3.63) is 66.4 Å². The molecule has 22 heavy (non-hydrogen) atoms. The molecule has 0 unspecified atom stereocenters. The van der Waals surface area contributed by atoms with Crippen molar-refractivity contribution in [2.24, 2.45) is 0 Å². The van der Waals surface area contributed by atoms with Gasteiger partial charge in [-0.1, -0.05) is 24.3 Å². The summed E-state index contributed by atoms with van der Waals surface area (Å²) in [5.74, 6) is 0.555. The van der Waals surface area contributed by atoms with Gasteiger partial charge in [0.1, 0.15) is 11.4 Å². The molecular weight excluding hydrogens is 276 g/mol. The van der Waals surface area contributed by atoms with Crippen LogP contribution in [0.5, 0.6) is 5.75 Å². The minimum Gasteiger partial charge on any atom is -0.494 e. The Bertz CT molecular complexity index is 798. The largest absolute Gasteiger partial charge is 0.494 e. The molecule has 110 valence electrons. The molecule has 1 aromatic heterocycles. The fourth-order valence-electron chi connectivity index (χ4n) is 2.19. The van der Waals surface area contributed by atoms with Crippen LogP contribution in [0.4, 0.5) is 5.69 Å². The van der Waals surface area contributed by atoms with Gasteiger partial charge in [0, 0.05) is 11.1 Å². The van der Waals surface area contributed by atoms with Gasteiger partial charge < -0.3 is 10.1 Å². The second kappa shape index (κ2) is 6.26.